The summed E-state index contributed by atoms with van der Waals surface area (Å²) in [6.07, 6.45) is 6.63. The molecule has 0 atom stereocenters. The summed E-state index contributed by atoms with van der Waals surface area (Å²) in [5.41, 5.74) is 2.05. The zero-order valence-electron chi connectivity index (χ0n) is 12.5. The average Bonchev–Trinajstić information content (AvgIpc) is 2.92. The van der Waals surface area contributed by atoms with Gasteiger partial charge >= 0.3 is 0 Å². The Hall–Kier alpha value is -1.26. The normalized spacial score (nSPS) is 11.1. The van der Waals surface area contributed by atoms with Gasteiger partial charge in [-0.1, -0.05) is 31.5 Å². The molecule has 0 N–H and O–H groups in total. The van der Waals surface area contributed by atoms with Crippen molar-refractivity contribution in [3.63, 3.8) is 0 Å². The number of halogens is 1. The number of hydrogen-bond acceptors (Lipinski definition) is 3. The van der Waals surface area contributed by atoms with Gasteiger partial charge in [-0.05, 0) is 31.2 Å². The highest BCUT2D eigenvalue weighted by Gasteiger charge is 2.17. The summed E-state index contributed by atoms with van der Waals surface area (Å²) < 4.78 is 1.89. The Labute approximate surface area is 134 Å². The van der Waals surface area contributed by atoms with Crippen LogP contribution < -0.4 is 0 Å². The van der Waals surface area contributed by atoms with E-state index in [4.69, 9.17) is 11.6 Å². The number of carbonyl (C=O) groups is 1. The van der Waals surface area contributed by atoms with Crippen LogP contribution in [0.3, 0.4) is 0 Å². The summed E-state index contributed by atoms with van der Waals surface area (Å²) in [6, 6.07) is 6.14. The molecular weight excluding hydrogens is 304 g/mol. The lowest BCUT2D eigenvalue weighted by molar-refractivity contribution is 0.112. The molecule has 0 spiro atoms. The molecule has 112 valence electrons. The summed E-state index contributed by atoms with van der Waals surface area (Å²) in [4.78, 5) is 12.4. The Morgan fingerprint density at radius 3 is 2.62 bits per heavy atom. The van der Waals surface area contributed by atoms with Crippen LogP contribution in [0.5, 0.6) is 0 Å². The van der Waals surface area contributed by atoms with E-state index in [1.165, 1.54) is 0 Å². The molecule has 0 bridgehead atoms. The number of thioether (sulfide) groups is 1. The molecule has 0 aliphatic heterocycles. The molecule has 0 saturated heterocycles. The third-order valence-corrected chi connectivity index (χ3v) is 4.67. The van der Waals surface area contributed by atoms with Gasteiger partial charge in [-0.3, -0.25) is 9.48 Å². The molecule has 0 unspecified atom stereocenters. The number of nitrogens with zero attached hydrogens (tertiary/aromatic N) is 2. The van der Waals surface area contributed by atoms with Crippen LogP contribution in [0, 0.1) is 0 Å². The zero-order chi connectivity index (χ0) is 15.4. The van der Waals surface area contributed by atoms with Gasteiger partial charge < -0.3 is 0 Å². The molecule has 0 aliphatic rings. The molecular formula is C16H19ClN2OS. The van der Waals surface area contributed by atoms with Crippen molar-refractivity contribution >= 4 is 29.6 Å². The number of hydrogen-bond donors (Lipinski definition) is 0. The van der Waals surface area contributed by atoms with Crippen molar-refractivity contribution in [1.29, 1.82) is 0 Å². The van der Waals surface area contributed by atoms with E-state index >= 15 is 0 Å². The van der Waals surface area contributed by atoms with Gasteiger partial charge in [0.1, 0.15) is 5.69 Å². The van der Waals surface area contributed by atoms with Crippen molar-refractivity contribution in [2.45, 2.75) is 37.6 Å². The minimum absolute atomic E-state index is 0.307. The van der Waals surface area contributed by atoms with E-state index in [-0.39, 0.29) is 0 Å². The van der Waals surface area contributed by atoms with Crippen LogP contribution >= 0.6 is 23.4 Å². The first-order chi connectivity index (χ1) is 10.1. The van der Waals surface area contributed by atoms with Crippen molar-refractivity contribution in [3.05, 3.63) is 35.0 Å². The summed E-state index contributed by atoms with van der Waals surface area (Å²) in [7, 11) is 0. The molecule has 3 nitrogen and oxygen atoms in total. The first kappa shape index (κ1) is 16.1. The van der Waals surface area contributed by atoms with Gasteiger partial charge in [0.25, 0.3) is 0 Å². The lowest BCUT2D eigenvalue weighted by Crippen LogP contribution is -2.07. The zero-order valence-corrected chi connectivity index (χ0v) is 14.0. The molecule has 5 heteroatoms. The van der Waals surface area contributed by atoms with Gasteiger partial charge in [-0.2, -0.15) is 5.10 Å². The smallest absolute Gasteiger partial charge is 0.153 e. The quantitative estimate of drug-likeness (QED) is 0.548. The highest BCUT2D eigenvalue weighted by molar-refractivity contribution is 7.98. The Balaban J connectivity index is 2.50. The monoisotopic (exact) mass is 322 g/mol. The van der Waals surface area contributed by atoms with Crippen LogP contribution in [0.15, 0.2) is 29.3 Å². The SMILES string of the molecule is CCC(CC)n1cc(C=O)c(-c2ccc(SC)cc2Cl)n1. The van der Waals surface area contributed by atoms with E-state index in [0.717, 1.165) is 29.6 Å². The number of benzene rings is 1. The third-order valence-electron chi connectivity index (χ3n) is 3.64. The predicted molar refractivity (Wildman–Crippen MR) is 89.5 cm³/mol. The molecule has 1 aromatic heterocycles. The van der Waals surface area contributed by atoms with E-state index in [0.29, 0.717) is 22.3 Å². The second-order valence-electron chi connectivity index (χ2n) is 4.85. The molecule has 2 rings (SSSR count). The standard InChI is InChI=1S/C16H19ClN2OS/c1-4-12(5-2)19-9-11(10-20)16(18-19)14-7-6-13(21-3)8-15(14)17/h6-10,12H,4-5H2,1-3H3. The number of aldehydes is 1. The van der Waals surface area contributed by atoms with Crippen LogP contribution in [0.1, 0.15) is 43.1 Å². The van der Waals surface area contributed by atoms with Gasteiger partial charge in [-0.25, -0.2) is 0 Å². The predicted octanol–water partition coefficient (Wildman–Crippen LogP) is 5.10. The third kappa shape index (κ3) is 3.33. The Bertz CT molecular complexity index is 635. The van der Waals surface area contributed by atoms with Gasteiger partial charge in [0, 0.05) is 16.7 Å². The minimum Gasteiger partial charge on any atom is -0.298 e. The molecule has 0 radical (unpaired) electrons. The first-order valence-electron chi connectivity index (χ1n) is 7.02. The number of carbonyl (C=O) groups excluding carboxylic acids is 1. The first-order valence-corrected chi connectivity index (χ1v) is 8.63. The highest BCUT2D eigenvalue weighted by Crippen LogP contribution is 2.32. The fourth-order valence-corrected chi connectivity index (χ4v) is 3.14. The van der Waals surface area contributed by atoms with Gasteiger partial charge in [0.15, 0.2) is 6.29 Å². The van der Waals surface area contributed by atoms with E-state index in [2.05, 4.69) is 18.9 Å². The van der Waals surface area contributed by atoms with Crippen molar-refractivity contribution in [1.82, 2.24) is 9.78 Å². The second kappa shape index (κ2) is 7.14. The van der Waals surface area contributed by atoms with Crippen molar-refractivity contribution in [3.8, 4) is 11.3 Å². The van der Waals surface area contributed by atoms with E-state index in [1.54, 1.807) is 11.8 Å². The van der Waals surface area contributed by atoms with Crippen molar-refractivity contribution in [2.75, 3.05) is 6.26 Å². The fraction of sp³-hybridized carbons (Fsp3) is 0.375. The van der Waals surface area contributed by atoms with Crippen LogP contribution in [0.4, 0.5) is 0 Å². The van der Waals surface area contributed by atoms with Crippen LogP contribution in [-0.2, 0) is 0 Å². The molecule has 2 aromatic rings. The van der Waals surface area contributed by atoms with Gasteiger partial charge in [0.2, 0.25) is 0 Å². The molecule has 0 fully saturated rings. The average molecular weight is 323 g/mol. The minimum atomic E-state index is 0.307. The van der Waals surface area contributed by atoms with Gasteiger partial charge in [-0.15, -0.1) is 11.8 Å². The van der Waals surface area contributed by atoms with Gasteiger partial charge in [0.05, 0.1) is 16.6 Å². The second-order valence-corrected chi connectivity index (χ2v) is 6.13. The maximum atomic E-state index is 11.3. The molecule has 0 aliphatic carbocycles. The van der Waals surface area contributed by atoms with E-state index in [1.807, 2.05) is 35.3 Å². The molecule has 1 aromatic carbocycles. The van der Waals surface area contributed by atoms with Crippen LogP contribution in [-0.4, -0.2) is 22.3 Å². The lowest BCUT2D eigenvalue weighted by Gasteiger charge is -2.12. The molecule has 21 heavy (non-hydrogen) atoms. The van der Waals surface area contributed by atoms with Crippen molar-refractivity contribution < 1.29 is 4.79 Å². The Morgan fingerprint density at radius 1 is 1.38 bits per heavy atom. The maximum Gasteiger partial charge on any atom is 0.153 e. The number of rotatable bonds is 6. The van der Waals surface area contributed by atoms with E-state index < -0.39 is 0 Å². The lowest BCUT2D eigenvalue weighted by atomic mass is 10.1. The topological polar surface area (TPSA) is 34.9 Å². The fourth-order valence-electron chi connectivity index (χ4n) is 2.37. The summed E-state index contributed by atoms with van der Waals surface area (Å²) in [6.45, 7) is 4.24. The van der Waals surface area contributed by atoms with E-state index in [9.17, 15) is 4.79 Å². The Kier molecular flexibility index (Phi) is 5.48. The highest BCUT2D eigenvalue weighted by atomic mass is 35.5. The van der Waals surface area contributed by atoms with Crippen LogP contribution in [0.25, 0.3) is 11.3 Å². The van der Waals surface area contributed by atoms with Crippen molar-refractivity contribution in [2.24, 2.45) is 0 Å². The largest absolute Gasteiger partial charge is 0.298 e. The Morgan fingerprint density at radius 2 is 2.10 bits per heavy atom. The summed E-state index contributed by atoms with van der Waals surface area (Å²) >= 11 is 7.98. The summed E-state index contributed by atoms with van der Waals surface area (Å²) in [5, 5.41) is 5.23. The summed E-state index contributed by atoms with van der Waals surface area (Å²) in [5.74, 6) is 0. The molecule has 1 heterocycles. The number of aromatic nitrogens is 2. The molecule has 0 amide bonds. The maximum absolute atomic E-state index is 11.3. The van der Waals surface area contributed by atoms with Crippen LogP contribution in [0.2, 0.25) is 5.02 Å². The molecule has 0 saturated carbocycles.